The highest BCUT2D eigenvalue weighted by Crippen LogP contribution is 2.36. The van der Waals surface area contributed by atoms with Crippen LogP contribution in [0.15, 0.2) is 57.5 Å². The summed E-state index contributed by atoms with van der Waals surface area (Å²) in [4.78, 5) is 42.0. The van der Waals surface area contributed by atoms with Crippen LogP contribution in [0.2, 0.25) is 0 Å². The van der Waals surface area contributed by atoms with Gasteiger partial charge in [-0.25, -0.2) is 9.79 Å². The van der Waals surface area contributed by atoms with Crippen molar-refractivity contribution in [2.45, 2.75) is 19.9 Å². The van der Waals surface area contributed by atoms with E-state index >= 15 is 0 Å². The maximum absolute atomic E-state index is 13.7. The first kappa shape index (κ1) is 25.6. The lowest BCUT2D eigenvalue weighted by molar-refractivity contribution is -0.385. The van der Waals surface area contributed by atoms with Crippen molar-refractivity contribution < 1.29 is 29.0 Å². The summed E-state index contributed by atoms with van der Waals surface area (Å²) in [6.07, 6.45) is 1.36. The molecule has 2 heterocycles. The summed E-state index contributed by atoms with van der Waals surface area (Å²) in [5.41, 5.74) is 0.244. The Balaban J connectivity index is 1.99. The first-order chi connectivity index (χ1) is 17.7. The molecule has 4 rings (SSSR count). The summed E-state index contributed by atoms with van der Waals surface area (Å²) in [6, 6.07) is 8.20. The number of allylic oxidation sites excluding steroid dienone is 1. The van der Waals surface area contributed by atoms with Gasteiger partial charge >= 0.3 is 11.7 Å². The number of hydrogen-bond donors (Lipinski definition) is 1. The molecule has 2 aromatic carbocycles. The van der Waals surface area contributed by atoms with Crippen LogP contribution >= 0.6 is 11.3 Å². The van der Waals surface area contributed by atoms with E-state index < -0.39 is 33.9 Å². The van der Waals surface area contributed by atoms with Gasteiger partial charge in [-0.3, -0.25) is 19.5 Å². The highest BCUT2D eigenvalue weighted by atomic mass is 32.1. The lowest BCUT2D eigenvalue weighted by Crippen LogP contribution is -2.40. The van der Waals surface area contributed by atoms with Crippen molar-refractivity contribution in [3.63, 3.8) is 0 Å². The van der Waals surface area contributed by atoms with Crippen molar-refractivity contribution in [1.29, 1.82) is 0 Å². The van der Waals surface area contributed by atoms with Crippen molar-refractivity contribution in [3.05, 3.63) is 88.6 Å². The van der Waals surface area contributed by atoms with Crippen LogP contribution in [0.3, 0.4) is 0 Å². The summed E-state index contributed by atoms with van der Waals surface area (Å²) in [7, 11) is 2.98. The molecule has 192 valence electrons. The number of aromatic hydroxyl groups is 1. The molecule has 37 heavy (non-hydrogen) atoms. The Morgan fingerprint density at radius 3 is 2.62 bits per heavy atom. The van der Waals surface area contributed by atoms with E-state index in [9.17, 15) is 24.8 Å². The molecule has 0 aliphatic carbocycles. The molecule has 1 aliphatic rings. The molecule has 0 unspecified atom stereocenters. The normalized spacial score (nSPS) is 15.1. The van der Waals surface area contributed by atoms with Crippen LogP contribution < -0.4 is 24.4 Å². The summed E-state index contributed by atoms with van der Waals surface area (Å²) < 4.78 is 17.6. The zero-order valence-electron chi connectivity index (χ0n) is 20.4. The molecule has 0 spiro atoms. The number of nitrogens with zero attached hydrogens (tertiary/aromatic N) is 3. The monoisotopic (exact) mass is 525 g/mol. The molecule has 0 saturated carbocycles. The molecule has 1 aromatic heterocycles. The maximum Gasteiger partial charge on any atom is 0.338 e. The average Bonchev–Trinajstić information content (AvgIpc) is 3.18. The van der Waals surface area contributed by atoms with Crippen molar-refractivity contribution in [3.8, 4) is 17.2 Å². The number of carbonyl (C=O) groups excluding carboxylic acids is 1. The third-order valence-electron chi connectivity index (χ3n) is 5.77. The lowest BCUT2D eigenvalue weighted by atomic mass is 9.95. The number of benzene rings is 2. The zero-order valence-corrected chi connectivity index (χ0v) is 21.2. The van der Waals surface area contributed by atoms with Gasteiger partial charge in [0.05, 0.1) is 47.6 Å². The fourth-order valence-electron chi connectivity index (χ4n) is 4.08. The van der Waals surface area contributed by atoms with Gasteiger partial charge in [0.25, 0.3) is 5.56 Å². The summed E-state index contributed by atoms with van der Waals surface area (Å²) >= 11 is 1.03. The van der Waals surface area contributed by atoms with Crippen molar-refractivity contribution in [1.82, 2.24) is 4.57 Å². The number of carbonyl (C=O) groups is 1. The van der Waals surface area contributed by atoms with E-state index in [-0.39, 0.29) is 22.3 Å². The first-order valence-corrected chi connectivity index (χ1v) is 11.9. The molecule has 12 heteroatoms. The fourth-order valence-corrected chi connectivity index (χ4v) is 5.12. The number of fused-ring (bicyclic) bond motifs is 1. The predicted molar refractivity (Wildman–Crippen MR) is 135 cm³/mol. The van der Waals surface area contributed by atoms with Gasteiger partial charge in [-0.1, -0.05) is 29.5 Å². The van der Waals surface area contributed by atoms with E-state index in [1.807, 2.05) is 0 Å². The third kappa shape index (κ3) is 4.58. The number of esters is 1. The molecule has 1 atom stereocenters. The van der Waals surface area contributed by atoms with Crippen LogP contribution in [0.5, 0.6) is 17.2 Å². The molecular weight excluding hydrogens is 502 g/mol. The lowest BCUT2D eigenvalue weighted by Gasteiger charge is -2.25. The number of phenols is 1. The largest absolute Gasteiger partial charge is 0.502 e. The molecule has 0 radical (unpaired) electrons. The number of nitro benzene ring substituents is 1. The van der Waals surface area contributed by atoms with Gasteiger partial charge in [-0.2, -0.15) is 0 Å². The minimum Gasteiger partial charge on any atom is -0.502 e. The van der Waals surface area contributed by atoms with Gasteiger partial charge in [0.2, 0.25) is 5.75 Å². The van der Waals surface area contributed by atoms with Crippen LogP contribution in [0.4, 0.5) is 5.69 Å². The van der Waals surface area contributed by atoms with Gasteiger partial charge < -0.3 is 19.3 Å². The highest BCUT2D eigenvalue weighted by Gasteiger charge is 2.34. The number of para-hydroxylation sites is 1. The Morgan fingerprint density at radius 2 is 1.97 bits per heavy atom. The summed E-state index contributed by atoms with van der Waals surface area (Å²) in [6.45, 7) is 3.47. The molecule has 1 N–H and O–H groups in total. The Bertz CT molecular complexity index is 1620. The molecule has 0 amide bonds. The summed E-state index contributed by atoms with van der Waals surface area (Å²) in [5.74, 6) is -0.299. The number of ether oxygens (including phenoxy) is 3. The molecule has 1 aliphatic heterocycles. The molecule has 3 aromatic rings. The highest BCUT2D eigenvalue weighted by molar-refractivity contribution is 7.07. The average molecular weight is 526 g/mol. The number of hydrogen-bond acceptors (Lipinski definition) is 10. The molecule has 0 saturated heterocycles. The van der Waals surface area contributed by atoms with Gasteiger partial charge in [0.15, 0.2) is 16.3 Å². The molecule has 0 fully saturated rings. The Labute approximate surface area is 214 Å². The molecule has 11 nitrogen and oxygen atoms in total. The molecule has 0 bridgehead atoms. The van der Waals surface area contributed by atoms with Gasteiger partial charge in [0, 0.05) is 11.6 Å². The smallest absolute Gasteiger partial charge is 0.338 e. The van der Waals surface area contributed by atoms with Crippen LogP contribution in [0.25, 0.3) is 6.08 Å². The van der Waals surface area contributed by atoms with Crippen LogP contribution in [0.1, 0.15) is 31.0 Å². The van der Waals surface area contributed by atoms with Gasteiger partial charge in [0.1, 0.15) is 0 Å². The minimum absolute atomic E-state index is 0.100. The number of rotatable bonds is 7. The number of thiazole rings is 1. The van der Waals surface area contributed by atoms with Crippen LogP contribution in [0, 0.1) is 10.1 Å². The quantitative estimate of drug-likeness (QED) is 0.282. The second-order valence-electron chi connectivity index (χ2n) is 7.89. The van der Waals surface area contributed by atoms with E-state index in [0.29, 0.717) is 27.6 Å². The van der Waals surface area contributed by atoms with E-state index in [1.165, 1.54) is 43.1 Å². The maximum atomic E-state index is 13.7. The van der Waals surface area contributed by atoms with E-state index in [4.69, 9.17) is 14.2 Å². The van der Waals surface area contributed by atoms with Crippen molar-refractivity contribution >= 4 is 29.1 Å². The second-order valence-corrected chi connectivity index (χ2v) is 8.90. The number of nitro groups is 1. The predicted octanol–water partition coefficient (Wildman–Crippen LogP) is 2.43. The van der Waals surface area contributed by atoms with Crippen LogP contribution in [-0.4, -0.2) is 41.4 Å². The van der Waals surface area contributed by atoms with Gasteiger partial charge in [-0.05, 0) is 37.6 Å². The summed E-state index contributed by atoms with van der Waals surface area (Å²) in [5, 5.41) is 21.6. The number of aromatic nitrogens is 1. The van der Waals surface area contributed by atoms with Crippen molar-refractivity contribution in [2.75, 3.05) is 20.8 Å². The van der Waals surface area contributed by atoms with Crippen molar-refractivity contribution in [2.24, 2.45) is 4.99 Å². The Morgan fingerprint density at radius 1 is 1.24 bits per heavy atom. The zero-order chi connectivity index (χ0) is 26.9. The van der Waals surface area contributed by atoms with E-state index in [2.05, 4.69) is 4.99 Å². The second kappa shape index (κ2) is 10.3. The first-order valence-electron chi connectivity index (χ1n) is 11.1. The van der Waals surface area contributed by atoms with Gasteiger partial charge in [-0.15, -0.1) is 0 Å². The van der Waals surface area contributed by atoms with Crippen LogP contribution in [-0.2, 0) is 9.53 Å². The van der Waals surface area contributed by atoms with E-state index in [1.54, 1.807) is 32.0 Å². The SMILES string of the molecule is CCOC(=O)C1=C(C)N=c2sc(=Cc3cccc([N+](=O)[O-])c3O)c(=O)n2[C@@H]1c1ccc(OC)c(OC)c1. The van der Waals surface area contributed by atoms with E-state index in [0.717, 1.165) is 11.3 Å². The minimum atomic E-state index is -0.893. The molecular formula is C25H23N3O8S. The number of methoxy groups -OCH3 is 2. The topological polar surface area (TPSA) is 142 Å². The fraction of sp³-hybridized carbons (Fsp3) is 0.240. The number of phenolic OH excluding ortho intramolecular Hbond substituents is 1. The Kier molecular flexibility index (Phi) is 7.11. The third-order valence-corrected chi connectivity index (χ3v) is 6.75. The Hall–Kier alpha value is -4.45. The standard InChI is InChI=1S/C25H23N3O8S/c1-5-36-24(31)20-13(2)26-25-27(21(20)14-9-10-17(34-3)18(11-14)35-4)23(30)19(37-25)12-15-7-6-8-16(22(15)29)28(32)33/h6-12,21,29H,5H2,1-4H3/t21-/m1/s1.